The average molecular weight is 301 g/mol. The molecule has 1 aliphatic carbocycles. The Bertz CT molecular complexity index is 602. The summed E-state index contributed by atoms with van der Waals surface area (Å²) >= 11 is 0. The van der Waals surface area contributed by atoms with E-state index in [9.17, 15) is 14.4 Å². The summed E-state index contributed by atoms with van der Waals surface area (Å²) in [6.45, 7) is 0.886. The molecule has 3 N–H and O–H groups in total. The first-order valence-electron chi connectivity index (χ1n) is 7.55. The van der Waals surface area contributed by atoms with E-state index in [2.05, 4.69) is 5.32 Å². The maximum absolute atomic E-state index is 12.1. The van der Waals surface area contributed by atoms with Gasteiger partial charge < -0.3 is 11.1 Å². The number of nitrogens with one attached hydrogen (secondary N) is 1. The summed E-state index contributed by atoms with van der Waals surface area (Å²) in [6.07, 6.45) is 2.85. The summed E-state index contributed by atoms with van der Waals surface area (Å²) in [5, 5.41) is 2.80. The lowest BCUT2D eigenvalue weighted by molar-refractivity contribution is -0.123. The highest BCUT2D eigenvalue weighted by Gasteiger charge is 2.45. The fourth-order valence-electron chi connectivity index (χ4n) is 2.58. The molecule has 22 heavy (non-hydrogen) atoms. The van der Waals surface area contributed by atoms with Crippen molar-refractivity contribution in [1.82, 2.24) is 10.2 Å². The molecular weight excluding hydrogens is 282 g/mol. The van der Waals surface area contributed by atoms with E-state index in [1.54, 1.807) is 24.3 Å². The number of unbranched alkanes of at least 4 members (excludes halogenated alkanes) is 1. The largest absolute Gasteiger partial charge is 0.355 e. The van der Waals surface area contributed by atoms with E-state index in [-0.39, 0.29) is 17.7 Å². The molecular formula is C16H19N3O3. The van der Waals surface area contributed by atoms with Crippen molar-refractivity contribution in [1.29, 1.82) is 0 Å². The smallest absolute Gasteiger partial charge is 0.261 e. The van der Waals surface area contributed by atoms with Gasteiger partial charge in [0, 0.05) is 13.1 Å². The third-order valence-electron chi connectivity index (χ3n) is 4.21. The van der Waals surface area contributed by atoms with Crippen LogP contribution < -0.4 is 11.1 Å². The molecule has 1 aliphatic heterocycles. The zero-order valence-corrected chi connectivity index (χ0v) is 12.3. The van der Waals surface area contributed by atoms with Gasteiger partial charge in [-0.05, 0) is 37.8 Å². The Morgan fingerprint density at radius 3 is 2.27 bits per heavy atom. The second-order valence-corrected chi connectivity index (χ2v) is 5.93. The van der Waals surface area contributed by atoms with Crippen LogP contribution in [0.15, 0.2) is 24.3 Å². The second-order valence-electron chi connectivity index (χ2n) is 5.93. The van der Waals surface area contributed by atoms with Crippen LogP contribution in [0.1, 0.15) is 46.4 Å². The van der Waals surface area contributed by atoms with E-state index in [0.29, 0.717) is 37.1 Å². The normalized spacial score (nSPS) is 18.3. The van der Waals surface area contributed by atoms with Crippen LogP contribution in [0.2, 0.25) is 0 Å². The predicted octanol–water partition coefficient (Wildman–Crippen LogP) is 0.670. The number of hydrogen-bond acceptors (Lipinski definition) is 4. The molecule has 1 fully saturated rings. The molecule has 3 rings (SSSR count). The van der Waals surface area contributed by atoms with Gasteiger partial charge >= 0.3 is 0 Å². The van der Waals surface area contributed by atoms with Crippen LogP contribution in [-0.4, -0.2) is 41.2 Å². The summed E-state index contributed by atoms with van der Waals surface area (Å²) < 4.78 is 0. The molecule has 6 heteroatoms. The summed E-state index contributed by atoms with van der Waals surface area (Å²) in [6, 6.07) is 6.85. The molecule has 2 aliphatic rings. The van der Waals surface area contributed by atoms with Crippen molar-refractivity contribution in [2.24, 2.45) is 5.73 Å². The first-order chi connectivity index (χ1) is 10.5. The number of hydrogen-bond donors (Lipinski definition) is 2. The molecule has 6 nitrogen and oxygen atoms in total. The van der Waals surface area contributed by atoms with Gasteiger partial charge in [-0.2, -0.15) is 0 Å². The molecule has 0 aromatic heterocycles. The van der Waals surface area contributed by atoms with Crippen molar-refractivity contribution >= 4 is 17.7 Å². The fraction of sp³-hybridized carbons (Fsp3) is 0.438. The molecule has 0 spiro atoms. The summed E-state index contributed by atoms with van der Waals surface area (Å²) in [5.74, 6) is -0.569. The van der Waals surface area contributed by atoms with E-state index >= 15 is 0 Å². The standard InChI is InChI=1S/C16H19N3O3/c17-16(7-8-16)15(22)18-9-3-4-10-19-13(20)11-5-1-2-6-12(11)14(19)21/h1-2,5-6H,3-4,7-10,17H2,(H,18,22). The number of carbonyl (C=O) groups excluding carboxylic acids is 3. The number of imide groups is 1. The Balaban J connectivity index is 1.44. The highest BCUT2D eigenvalue weighted by Crippen LogP contribution is 2.32. The Morgan fingerprint density at radius 2 is 1.73 bits per heavy atom. The van der Waals surface area contributed by atoms with E-state index < -0.39 is 5.54 Å². The Hall–Kier alpha value is -2.21. The SMILES string of the molecule is NC1(C(=O)NCCCCN2C(=O)c3ccccc3C2=O)CC1. The maximum Gasteiger partial charge on any atom is 0.261 e. The number of rotatable bonds is 6. The Kier molecular flexibility index (Phi) is 3.70. The van der Waals surface area contributed by atoms with Gasteiger partial charge in [0.1, 0.15) is 0 Å². The topological polar surface area (TPSA) is 92.5 Å². The molecule has 1 aromatic carbocycles. The van der Waals surface area contributed by atoms with Crippen LogP contribution >= 0.6 is 0 Å². The van der Waals surface area contributed by atoms with Gasteiger partial charge in [0.15, 0.2) is 0 Å². The zero-order chi connectivity index (χ0) is 15.7. The molecule has 0 saturated heterocycles. The van der Waals surface area contributed by atoms with Crippen LogP contribution in [0.5, 0.6) is 0 Å². The molecule has 3 amide bonds. The Morgan fingerprint density at radius 1 is 1.14 bits per heavy atom. The van der Waals surface area contributed by atoms with Gasteiger partial charge in [-0.15, -0.1) is 0 Å². The van der Waals surface area contributed by atoms with Crippen molar-refractivity contribution in [2.45, 2.75) is 31.2 Å². The van der Waals surface area contributed by atoms with E-state index in [0.717, 1.165) is 12.8 Å². The van der Waals surface area contributed by atoms with Crippen LogP contribution in [0, 0.1) is 0 Å². The van der Waals surface area contributed by atoms with Gasteiger partial charge in [0.2, 0.25) is 5.91 Å². The van der Waals surface area contributed by atoms with Crippen molar-refractivity contribution in [3.63, 3.8) is 0 Å². The number of nitrogens with two attached hydrogens (primary N) is 1. The number of nitrogens with zero attached hydrogens (tertiary/aromatic N) is 1. The summed E-state index contributed by atoms with van der Waals surface area (Å²) in [7, 11) is 0. The fourth-order valence-corrected chi connectivity index (χ4v) is 2.58. The minimum Gasteiger partial charge on any atom is -0.355 e. The van der Waals surface area contributed by atoms with Crippen molar-refractivity contribution in [2.75, 3.05) is 13.1 Å². The first kappa shape index (κ1) is 14.7. The van der Waals surface area contributed by atoms with E-state index in [1.165, 1.54) is 4.90 Å². The van der Waals surface area contributed by atoms with Gasteiger partial charge in [-0.3, -0.25) is 19.3 Å². The quantitative estimate of drug-likeness (QED) is 0.596. The summed E-state index contributed by atoms with van der Waals surface area (Å²) in [5.41, 5.74) is 6.07. The maximum atomic E-state index is 12.1. The number of amides is 3. The highest BCUT2D eigenvalue weighted by atomic mass is 16.2. The van der Waals surface area contributed by atoms with E-state index in [4.69, 9.17) is 5.73 Å². The van der Waals surface area contributed by atoms with Gasteiger partial charge in [-0.25, -0.2) is 0 Å². The molecule has 1 aromatic rings. The van der Waals surface area contributed by atoms with E-state index in [1.807, 2.05) is 0 Å². The molecule has 116 valence electrons. The van der Waals surface area contributed by atoms with Crippen LogP contribution in [-0.2, 0) is 4.79 Å². The highest BCUT2D eigenvalue weighted by molar-refractivity contribution is 6.21. The third kappa shape index (κ3) is 2.62. The molecule has 0 bridgehead atoms. The molecule has 0 unspecified atom stereocenters. The van der Waals surface area contributed by atoms with Crippen molar-refractivity contribution in [3.05, 3.63) is 35.4 Å². The predicted molar refractivity (Wildman–Crippen MR) is 80.2 cm³/mol. The Labute approximate surface area is 128 Å². The van der Waals surface area contributed by atoms with Crippen LogP contribution in [0.4, 0.5) is 0 Å². The molecule has 1 saturated carbocycles. The first-order valence-corrected chi connectivity index (χ1v) is 7.55. The van der Waals surface area contributed by atoms with Crippen LogP contribution in [0.25, 0.3) is 0 Å². The average Bonchev–Trinajstić information content (AvgIpc) is 3.23. The zero-order valence-electron chi connectivity index (χ0n) is 12.3. The van der Waals surface area contributed by atoms with Crippen molar-refractivity contribution in [3.8, 4) is 0 Å². The number of fused-ring (bicyclic) bond motifs is 1. The van der Waals surface area contributed by atoms with Crippen molar-refractivity contribution < 1.29 is 14.4 Å². The van der Waals surface area contributed by atoms with Gasteiger partial charge in [0.25, 0.3) is 11.8 Å². The third-order valence-corrected chi connectivity index (χ3v) is 4.21. The second kappa shape index (κ2) is 5.53. The van der Waals surface area contributed by atoms with Gasteiger partial charge in [0.05, 0.1) is 16.7 Å². The molecule has 1 heterocycles. The lowest BCUT2D eigenvalue weighted by Gasteiger charge is -2.14. The molecule has 0 atom stereocenters. The molecule has 0 radical (unpaired) electrons. The monoisotopic (exact) mass is 301 g/mol. The number of benzene rings is 1. The summed E-state index contributed by atoms with van der Waals surface area (Å²) in [4.78, 5) is 37.2. The lowest BCUT2D eigenvalue weighted by Crippen LogP contribution is -2.43. The minimum absolute atomic E-state index is 0.103. The number of carbonyl (C=O) groups is 3. The minimum atomic E-state index is -0.650. The van der Waals surface area contributed by atoms with Gasteiger partial charge in [-0.1, -0.05) is 12.1 Å². The van der Waals surface area contributed by atoms with Crippen LogP contribution in [0.3, 0.4) is 0 Å². The lowest BCUT2D eigenvalue weighted by atomic mass is 10.1.